The minimum Gasteiger partial charge on any atom is -0.463 e. The highest BCUT2D eigenvalue weighted by Gasteiger charge is 2.29. The third-order valence-electron chi connectivity index (χ3n) is 3.84. The molecule has 0 fully saturated rings. The van der Waals surface area contributed by atoms with Crippen LogP contribution in [0.4, 0.5) is 10.1 Å². The number of hydrogen-bond donors (Lipinski definition) is 1. The summed E-state index contributed by atoms with van der Waals surface area (Å²) in [7, 11) is 0. The second kappa shape index (κ2) is 9.86. The smallest absolute Gasteiger partial charge is 0.344 e. The first-order chi connectivity index (χ1) is 14.0. The number of nitrogens with one attached hydrogen (secondary N) is 1. The molecule has 0 aliphatic carbocycles. The SMILES string of the molecule is Cc1cc(OCC(=O)OCC(=O)N(CC(=O)Nc2ccc(F)cc2)C(C)(C)C)no1. The molecule has 2 amide bonds. The summed E-state index contributed by atoms with van der Waals surface area (Å²) in [6, 6.07) is 6.75. The summed E-state index contributed by atoms with van der Waals surface area (Å²) in [6.07, 6.45) is 0. The Bertz CT molecular complexity index is 889. The monoisotopic (exact) mass is 421 g/mol. The predicted molar refractivity (Wildman–Crippen MR) is 104 cm³/mol. The molecule has 1 heterocycles. The lowest BCUT2D eigenvalue weighted by molar-refractivity contribution is -0.156. The Morgan fingerprint density at radius 2 is 1.83 bits per heavy atom. The maximum absolute atomic E-state index is 13.0. The van der Waals surface area contributed by atoms with E-state index in [1.54, 1.807) is 27.7 Å². The fourth-order valence-electron chi connectivity index (χ4n) is 2.38. The molecule has 0 unspecified atom stereocenters. The number of nitrogens with zero attached hydrogens (tertiary/aromatic N) is 2. The summed E-state index contributed by atoms with van der Waals surface area (Å²) in [5.74, 6) is -1.57. The van der Waals surface area contributed by atoms with E-state index in [-0.39, 0.29) is 12.4 Å². The molecule has 2 rings (SSSR count). The number of halogens is 1. The summed E-state index contributed by atoms with van der Waals surface area (Å²) in [5.41, 5.74) is -0.312. The molecule has 0 bridgehead atoms. The van der Waals surface area contributed by atoms with Gasteiger partial charge in [-0.05, 0) is 57.1 Å². The fraction of sp³-hybridized carbons (Fsp3) is 0.400. The number of benzene rings is 1. The Morgan fingerprint density at radius 1 is 1.17 bits per heavy atom. The van der Waals surface area contributed by atoms with Crippen molar-refractivity contribution in [1.82, 2.24) is 10.1 Å². The van der Waals surface area contributed by atoms with Gasteiger partial charge in [0.2, 0.25) is 5.91 Å². The molecule has 162 valence electrons. The fourth-order valence-corrected chi connectivity index (χ4v) is 2.38. The molecule has 9 nitrogen and oxygen atoms in total. The summed E-state index contributed by atoms with van der Waals surface area (Å²) in [6.45, 7) is 5.63. The van der Waals surface area contributed by atoms with Crippen molar-refractivity contribution in [2.45, 2.75) is 33.2 Å². The number of amides is 2. The van der Waals surface area contributed by atoms with E-state index >= 15 is 0 Å². The lowest BCUT2D eigenvalue weighted by atomic mass is 10.1. The van der Waals surface area contributed by atoms with Crippen LogP contribution in [-0.2, 0) is 19.1 Å². The lowest BCUT2D eigenvalue weighted by Gasteiger charge is -2.35. The molecule has 30 heavy (non-hydrogen) atoms. The van der Waals surface area contributed by atoms with Gasteiger partial charge in [0, 0.05) is 17.3 Å². The first-order valence-corrected chi connectivity index (χ1v) is 9.12. The van der Waals surface area contributed by atoms with Gasteiger partial charge in [-0.1, -0.05) is 0 Å². The highest BCUT2D eigenvalue weighted by atomic mass is 19.1. The van der Waals surface area contributed by atoms with Gasteiger partial charge in [-0.3, -0.25) is 9.59 Å². The van der Waals surface area contributed by atoms with E-state index in [4.69, 9.17) is 14.0 Å². The van der Waals surface area contributed by atoms with E-state index in [2.05, 4.69) is 10.5 Å². The van der Waals surface area contributed by atoms with E-state index in [1.165, 1.54) is 35.2 Å². The Labute approximate surface area is 173 Å². The zero-order valence-corrected chi connectivity index (χ0v) is 17.2. The van der Waals surface area contributed by atoms with Crippen LogP contribution < -0.4 is 10.1 Å². The number of carbonyl (C=O) groups excluding carboxylic acids is 3. The van der Waals surface area contributed by atoms with E-state index in [9.17, 15) is 18.8 Å². The predicted octanol–water partition coefficient (Wildman–Crippen LogP) is 2.31. The molecular formula is C20H24FN3O6. The number of ether oxygens (including phenoxy) is 2. The summed E-state index contributed by atoms with van der Waals surface area (Å²) in [4.78, 5) is 38.0. The maximum Gasteiger partial charge on any atom is 0.344 e. The highest BCUT2D eigenvalue weighted by molar-refractivity contribution is 5.95. The van der Waals surface area contributed by atoms with Crippen LogP contribution in [0.15, 0.2) is 34.9 Å². The van der Waals surface area contributed by atoms with Crippen LogP contribution in [0.25, 0.3) is 0 Å². The molecule has 10 heteroatoms. The number of aromatic nitrogens is 1. The Balaban J connectivity index is 1.87. The number of carbonyl (C=O) groups is 3. The number of aryl methyl sites for hydroxylation is 1. The van der Waals surface area contributed by atoms with Crippen LogP contribution in [0.1, 0.15) is 26.5 Å². The van der Waals surface area contributed by atoms with Crippen molar-refractivity contribution in [1.29, 1.82) is 0 Å². The standard InChI is InChI=1S/C20H24FN3O6/c1-13-9-17(23-30-13)28-12-19(27)29-11-18(26)24(20(2,3)4)10-16(25)22-15-7-5-14(21)6-8-15/h5-9H,10-12H2,1-4H3,(H,22,25). The normalized spacial score (nSPS) is 11.0. The summed E-state index contributed by atoms with van der Waals surface area (Å²) in [5, 5.41) is 6.16. The molecule has 1 aromatic carbocycles. The average Bonchev–Trinajstić information content (AvgIpc) is 3.08. The number of anilines is 1. The van der Waals surface area contributed by atoms with Gasteiger partial charge in [-0.25, -0.2) is 9.18 Å². The first kappa shape index (κ1) is 22.9. The second-order valence-corrected chi connectivity index (χ2v) is 7.43. The third-order valence-corrected chi connectivity index (χ3v) is 3.84. The van der Waals surface area contributed by atoms with Crippen LogP contribution >= 0.6 is 0 Å². The third kappa shape index (κ3) is 7.19. The van der Waals surface area contributed by atoms with Crippen molar-refractivity contribution < 1.29 is 32.8 Å². The molecule has 0 saturated heterocycles. The minimum absolute atomic E-state index is 0.129. The van der Waals surface area contributed by atoms with Crippen LogP contribution in [0.5, 0.6) is 5.88 Å². The molecule has 1 N–H and O–H groups in total. The molecule has 0 aliphatic heterocycles. The van der Waals surface area contributed by atoms with E-state index < -0.39 is 42.4 Å². The topological polar surface area (TPSA) is 111 Å². The number of hydrogen-bond acceptors (Lipinski definition) is 7. The largest absolute Gasteiger partial charge is 0.463 e. The zero-order chi connectivity index (χ0) is 22.3. The zero-order valence-electron chi connectivity index (χ0n) is 17.2. The van der Waals surface area contributed by atoms with Gasteiger partial charge >= 0.3 is 5.97 Å². The maximum atomic E-state index is 13.0. The van der Waals surface area contributed by atoms with Gasteiger partial charge in [-0.2, -0.15) is 0 Å². The molecule has 0 aliphatic rings. The van der Waals surface area contributed by atoms with Gasteiger partial charge in [0.15, 0.2) is 13.2 Å². The van der Waals surface area contributed by atoms with Crippen molar-refractivity contribution in [3.05, 3.63) is 41.9 Å². The highest BCUT2D eigenvalue weighted by Crippen LogP contribution is 2.15. The number of esters is 1. The van der Waals surface area contributed by atoms with E-state index in [0.29, 0.717) is 11.4 Å². The van der Waals surface area contributed by atoms with Gasteiger partial charge in [0.05, 0.1) is 0 Å². The van der Waals surface area contributed by atoms with Gasteiger partial charge < -0.3 is 24.2 Å². The van der Waals surface area contributed by atoms with Crippen molar-refractivity contribution in [3.63, 3.8) is 0 Å². The summed E-state index contributed by atoms with van der Waals surface area (Å²) < 4.78 is 27.8. The van der Waals surface area contributed by atoms with Crippen LogP contribution in [0.3, 0.4) is 0 Å². The Kier molecular flexibility index (Phi) is 7.51. The van der Waals surface area contributed by atoms with Crippen molar-refractivity contribution >= 4 is 23.5 Å². The Hall–Kier alpha value is -3.43. The minimum atomic E-state index is -0.770. The van der Waals surface area contributed by atoms with Crippen LogP contribution in [-0.4, -0.2) is 53.1 Å². The van der Waals surface area contributed by atoms with E-state index in [1.807, 2.05) is 0 Å². The van der Waals surface area contributed by atoms with Crippen molar-refractivity contribution in [2.24, 2.45) is 0 Å². The molecule has 0 saturated carbocycles. The quantitative estimate of drug-likeness (QED) is 0.651. The molecule has 0 spiro atoms. The average molecular weight is 421 g/mol. The van der Waals surface area contributed by atoms with Gasteiger partial charge in [0.1, 0.15) is 18.1 Å². The van der Waals surface area contributed by atoms with Crippen molar-refractivity contribution in [2.75, 3.05) is 25.1 Å². The number of rotatable bonds is 8. The molecule has 0 radical (unpaired) electrons. The van der Waals surface area contributed by atoms with Crippen LogP contribution in [0.2, 0.25) is 0 Å². The van der Waals surface area contributed by atoms with Crippen molar-refractivity contribution in [3.8, 4) is 5.88 Å². The molecular weight excluding hydrogens is 397 g/mol. The molecule has 0 atom stereocenters. The van der Waals surface area contributed by atoms with Gasteiger partial charge in [-0.15, -0.1) is 0 Å². The second-order valence-electron chi connectivity index (χ2n) is 7.43. The van der Waals surface area contributed by atoms with E-state index in [0.717, 1.165) is 0 Å². The molecule has 2 aromatic rings. The Morgan fingerprint density at radius 3 is 2.40 bits per heavy atom. The lowest BCUT2D eigenvalue weighted by Crippen LogP contribution is -2.50. The first-order valence-electron chi connectivity index (χ1n) is 9.12. The van der Waals surface area contributed by atoms with Gasteiger partial charge in [0.25, 0.3) is 11.8 Å². The molecule has 1 aromatic heterocycles. The summed E-state index contributed by atoms with van der Waals surface area (Å²) >= 11 is 0. The van der Waals surface area contributed by atoms with Crippen LogP contribution in [0, 0.1) is 12.7 Å².